The van der Waals surface area contributed by atoms with Crippen LogP contribution in [0.2, 0.25) is 0 Å². The van der Waals surface area contributed by atoms with Gasteiger partial charge in [-0.15, -0.1) is 0 Å². The van der Waals surface area contributed by atoms with Crippen molar-refractivity contribution >= 4 is 11.8 Å². The lowest BCUT2D eigenvalue weighted by Gasteiger charge is -2.53. The minimum atomic E-state index is -0.830. The third-order valence-electron chi connectivity index (χ3n) is 6.45. The van der Waals surface area contributed by atoms with Crippen molar-refractivity contribution in [2.75, 3.05) is 13.2 Å². The van der Waals surface area contributed by atoms with E-state index in [-0.39, 0.29) is 24.3 Å². The molecule has 1 N–H and O–H groups in total. The summed E-state index contributed by atoms with van der Waals surface area (Å²) in [4.78, 5) is 27.6. The number of aliphatic hydroxyl groups is 1. The van der Waals surface area contributed by atoms with Crippen LogP contribution in [0, 0.1) is 11.8 Å². The zero-order chi connectivity index (χ0) is 17.3. The second-order valence-electron chi connectivity index (χ2n) is 7.21. The van der Waals surface area contributed by atoms with E-state index in [1.807, 2.05) is 55.5 Å². The third-order valence-corrected chi connectivity index (χ3v) is 6.45. The molecular weight excluding hydrogens is 314 g/mol. The SMILES string of the molecule is CCN1C(=O)[C@H]2C3c4ccccc4C(CO)(c4ccccc43)[C@H]2C1=O. The molecular formula is C21H19NO3. The minimum Gasteiger partial charge on any atom is -0.395 e. The van der Waals surface area contributed by atoms with Crippen molar-refractivity contribution in [1.82, 2.24) is 4.90 Å². The van der Waals surface area contributed by atoms with Gasteiger partial charge in [0.15, 0.2) is 0 Å². The van der Waals surface area contributed by atoms with Crippen molar-refractivity contribution in [2.45, 2.75) is 18.3 Å². The Labute approximate surface area is 146 Å². The minimum absolute atomic E-state index is 0.0932. The number of amides is 2. The van der Waals surface area contributed by atoms with Gasteiger partial charge in [0, 0.05) is 12.5 Å². The summed E-state index contributed by atoms with van der Waals surface area (Å²) >= 11 is 0. The first-order valence-electron chi connectivity index (χ1n) is 8.81. The monoisotopic (exact) mass is 333 g/mol. The summed E-state index contributed by atoms with van der Waals surface area (Å²) in [6, 6.07) is 16.0. The van der Waals surface area contributed by atoms with Gasteiger partial charge >= 0.3 is 0 Å². The summed E-state index contributed by atoms with van der Waals surface area (Å²) in [6.07, 6.45) is 0. The lowest BCUT2D eigenvalue weighted by Crippen LogP contribution is -2.55. The Hall–Kier alpha value is -2.46. The van der Waals surface area contributed by atoms with E-state index in [0.717, 1.165) is 22.3 Å². The number of aliphatic hydroxyl groups excluding tert-OH is 1. The molecule has 0 saturated carbocycles. The number of carbonyl (C=O) groups is 2. The highest BCUT2D eigenvalue weighted by Crippen LogP contribution is 2.63. The molecule has 1 fully saturated rings. The molecule has 2 aromatic carbocycles. The number of likely N-dealkylation sites (tertiary alicyclic amines) is 1. The van der Waals surface area contributed by atoms with E-state index in [1.54, 1.807) is 0 Å². The van der Waals surface area contributed by atoms with Gasteiger partial charge < -0.3 is 5.11 Å². The zero-order valence-corrected chi connectivity index (χ0v) is 14.0. The molecule has 2 atom stereocenters. The third kappa shape index (κ3) is 1.48. The summed E-state index contributed by atoms with van der Waals surface area (Å²) in [5.74, 6) is -1.27. The first-order chi connectivity index (χ1) is 12.2. The van der Waals surface area contributed by atoms with Crippen LogP contribution < -0.4 is 0 Å². The Morgan fingerprint density at radius 2 is 1.52 bits per heavy atom. The molecule has 4 aliphatic rings. The highest BCUT2D eigenvalue weighted by molar-refractivity contribution is 6.08. The highest BCUT2D eigenvalue weighted by Gasteiger charge is 2.67. The maximum absolute atomic E-state index is 13.1. The van der Waals surface area contributed by atoms with Crippen LogP contribution in [0.3, 0.4) is 0 Å². The second kappa shape index (κ2) is 4.79. The van der Waals surface area contributed by atoms with E-state index < -0.39 is 17.3 Å². The fourth-order valence-corrected chi connectivity index (χ4v) is 5.57. The van der Waals surface area contributed by atoms with Gasteiger partial charge in [-0.1, -0.05) is 48.5 Å². The van der Waals surface area contributed by atoms with Crippen molar-refractivity contribution in [3.05, 3.63) is 70.8 Å². The Morgan fingerprint density at radius 1 is 0.960 bits per heavy atom. The first-order valence-corrected chi connectivity index (χ1v) is 8.81. The largest absolute Gasteiger partial charge is 0.395 e. The van der Waals surface area contributed by atoms with Crippen LogP contribution >= 0.6 is 0 Å². The van der Waals surface area contributed by atoms with E-state index in [9.17, 15) is 14.7 Å². The number of carbonyl (C=O) groups excluding carboxylic acids is 2. The van der Waals surface area contributed by atoms with E-state index in [1.165, 1.54) is 4.90 Å². The van der Waals surface area contributed by atoms with Crippen LogP contribution in [0.25, 0.3) is 0 Å². The summed E-state index contributed by atoms with van der Waals surface area (Å²) in [5.41, 5.74) is 3.33. The van der Waals surface area contributed by atoms with Gasteiger partial charge in [0.1, 0.15) is 0 Å². The molecule has 0 unspecified atom stereocenters. The van der Waals surface area contributed by atoms with Crippen LogP contribution in [-0.2, 0) is 15.0 Å². The van der Waals surface area contributed by atoms with Crippen LogP contribution in [0.5, 0.6) is 0 Å². The summed E-state index contributed by atoms with van der Waals surface area (Å²) < 4.78 is 0. The van der Waals surface area contributed by atoms with Crippen LogP contribution in [0.4, 0.5) is 0 Å². The van der Waals surface area contributed by atoms with E-state index >= 15 is 0 Å². The molecule has 1 heterocycles. The fourth-order valence-electron chi connectivity index (χ4n) is 5.57. The number of nitrogens with zero attached hydrogens (tertiary/aromatic N) is 1. The van der Waals surface area contributed by atoms with Crippen LogP contribution in [0.15, 0.2) is 48.5 Å². The van der Waals surface area contributed by atoms with E-state index in [4.69, 9.17) is 0 Å². The Bertz CT molecular complexity index is 871. The molecule has 0 radical (unpaired) electrons. The number of rotatable bonds is 2. The van der Waals surface area contributed by atoms with Crippen molar-refractivity contribution in [3.8, 4) is 0 Å². The maximum atomic E-state index is 13.1. The average molecular weight is 333 g/mol. The number of imide groups is 1. The van der Waals surface area contributed by atoms with Gasteiger partial charge in [-0.2, -0.15) is 0 Å². The molecule has 0 aromatic heterocycles. The molecule has 0 spiro atoms. The lowest BCUT2D eigenvalue weighted by atomic mass is 9.47. The Morgan fingerprint density at radius 3 is 2.04 bits per heavy atom. The number of hydrogen-bond acceptors (Lipinski definition) is 3. The summed E-state index contributed by atoms with van der Waals surface area (Å²) in [5, 5.41) is 10.6. The molecule has 1 aliphatic heterocycles. The van der Waals surface area contributed by atoms with Crippen molar-refractivity contribution in [3.63, 3.8) is 0 Å². The number of benzene rings is 2. The van der Waals surface area contributed by atoms with E-state index in [2.05, 4.69) is 0 Å². The molecule has 126 valence electrons. The van der Waals surface area contributed by atoms with Crippen LogP contribution in [-0.4, -0.2) is 35.0 Å². The van der Waals surface area contributed by atoms with Crippen LogP contribution in [0.1, 0.15) is 35.1 Å². The first kappa shape index (κ1) is 14.8. The standard InChI is InChI=1S/C21H19NO3/c1-2-22-19(24)17-16-12-7-3-5-9-14(12)21(11-23,18(17)20(22)25)15-10-6-4-8-13(15)16/h3-10,16-18,23H,2,11H2,1H3/t16?,17-,18+,21?/m0/s1. The second-order valence-corrected chi connectivity index (χ2v) is 7.21. The Balaban J connectivity index is 1.90. The average Bonchev–Trinajstić information content (AvgIpc) is 2.92. The van der Waals surface area contributed by atoms with Gasteiger partial charge in [0.05, 0.1) is 23.9 Å². The topological polar surface area (TPSA) is 57.6 Å². The molecule has 2 amide bonds. The zero-order valence-electron chi connectivity index (χ0n) is 14.0. The molecule has 4 heteroatoms. The predicted octanol–water partition coefficient (Wildman–Crippen LogP) is 2.04. The molecule has 3 aliphatic carbocycles. The predicted molar refractivity (Wildman–Crippen MR) is 92.0 cm³/mol. The van der Waals surface area contributed by atoms with Gasteiger partial charge in [-0.25, -0.2) is 0 Å². The van der Waals surface area contributed by atoms with Crippen molar-refractivity contribution < 1.29 is 14.7 Å². The van der Waals surface area contributed by atoms with Gasteiger partial charge in [0.2, 0.25) is 11.8 Å². The van der Waals surface area contributed by atoms with Crippen molar-refractivity contribution in [2.24, 2.45) is 11.8 Å². The maximum Gasteiger partial charge on any atom is 0.234 e. The summed E-state index contributed by atoms with van der Waals surface area (Å²) in [7, 11) is 0. The fraction of sp³-hybridized carbons (Fsp3) is 0.333. The molecule has 2 aromatic rings. The normalized spacial score (nSPS) is 31.8. The molecule has 6 rings (SSSR count). The van der Waals surface area contributed by atoms with Gasteiger partial charge in [0.25, 0.3) is 0 Å². The smallest absolute Gasteiger partial charge is 0.234 e. The number of hydrogen-bond donors (Lipinski definition) is 1. The molecule has 1 saturated heterocycles. The quantitative estimate of drug-likeness (QED) is 0.856. The van der Waals surface area contributed by atoms with E-state index in [0.29, 0.717) is 6.54 Å². The highest BCUT2D eigenvalue weighted by atomic mass is 16.3. The molecule has 2 bridgehead atoms. The lowest BCUT2D eigenvalue weighted by molar-refractivity contribution is -0.140. The molecule has 4 nitrogen and oxygen atoms in total. The van der Waals surface area contributed by atoms with Gasteiger partial charge in [-0.3, -0.25) is 14.5 Å². The molecule has 25 heavy (non-hydrogen) atoms. The van der Waals surface area contributed by atoms with Gasteiger partial charge in [-0.05, 0) is 29.2 Å². The Kier molecular flexibility index (Phi) is 2.85. The van der Waals surface area contributed by atoms with Crippen molar-refractivity contribution in [1.29, 1.82) is 0 Å². The summed E-state index contributed by atoms with van der Waals surface area (Å²) in [6.45, 7) is 2.04.